The SMILES string of the molecule is C=C(C)C/N=C(/CC)SC. The Morgan fingerprint density at radius 2 is 2.20 bits per heavy atom. The van der Waals surface area contributed by atoms with E-state index in [0.29, 0.717) is 0 Å². The highest BCUT2D eigenvalue weighted by Crippen LogP contribution is 2.03. The zero-order valence-corrected chi connectivity index (χ0v) is 7.79. The molecule has 0 bridgehead atoms. The minimum Gasteiger partial charge on any atom is -0.279 e. The van der Waals surface area contributed by atoms with Gasteiger partial charge in [0.15, 0.2) is 0 Å². The van der Waals surface area contributed by atoms with Crippen LogP contribution in [0, 0.1) is 0 Å². The van der Waals surface area contributed by atoms with Crippen molar-refractivity contribution in [1.29, 1.82) is 0 Å². The van der Waals surface area contributed by atoms with Crippen molar-refractivity contribution >= 4 is 16.8 Å². The normalized spacial score (nSPS) is 11.7. The van der Waals surface area contributed by atoms with Gasteiger partial charge in [0.2, 0.25) is 0 Å². The highest BCUT2D eigenvalue weighted by Gasteiger charge is 1.90. The van der Waals surface area contributed by atoms with Crippen LogP contribution in [0.3, 0.4) is 0 Å². The molecule has 0 saturated heterocycles. The smallest absolute Gasteiger partial charge is 0.0674 e. The van der Waals surface area contributed by atoms with Gasteiger partial charge < -0.3 is 0 Å². The summed E-state index contributed by atoms with van der Waals surface area (Å²) in [4.78, 5) is 4.34. The summed E-state index contributed by atoms with van der Waals surface area (Å²) in [5.74, 6) is 0. The average Bonchev–Trinajstić information content (AvgIpc) is 1.90. The van der Waals surface area contributed by atoms with Crippen molar-refractivity contribution in [2.24, 2.45) is 4.99 Å². The van der Waals surface area contributed by atoms with Gasteiger partial charge in [-0.1, -0.05) is 19.1 Å². The minimum absolute atomic E-state index is 0.782. The Labute approximate surface area is 67.6 Å². The summed E-state index contributed by atoms with van der Waals surface area (Å²) in [6, 6.07) is 0. The van der Waals surface area contributed by atoms with Gasteiger partial charge in [-0.2, -0.15) is 0 Å². The molecule has 0 rings (SSSR count). The maximum absolute atomic E-state index is 4.34. The summed E-state index contributed by atoms with van der Waals surface area (Å²) in [6.07, 6.45) is 3.09. The first kappa shape index (κ1) is 9.76. The second-order valence-corrected chi connectivity index (χ2v) is 3.10. The van der Waals surface area contributed by atoms with E-state index in [1.54, 1.807) is 11.8 Å². The van der Waals surface area contributed by atoms with Gasteiger partial charge in [0.25, 0.3) is 0 Å². The quantitative estimate of drug-likeness (QED) is 0.348. The lowest BCUT2D eigenvalue weighted by Crippen LogP contribution is -1.91. The summed E-state index contributed by atoms with van der Waals surface area (Å²) in [7, 11) is 0. The molecule has 0 saturated carbocycles. The Balaban J connectivity index is 3.74. The van der Waals surface area contributed by atoms with E-state index in [1.807, 2.05) is 6.92 Å². The van der Waals surface area contributed by atoms with Gasteiger partial charge in [-0.05, 0) is 19.6 Å². The zero-order chi connectivity index (χ0) is 7.98. The monoisotopic (exact) mass is 157 g/mol. The molecule has 2 heteroatoms. The van der Waals surface area contributed by atoms with Gasteiger partial charge in [-0.15, -0.1) is 11.8 Å². The molecule has 0 amide bonds. The summed E-state index contributed by atoms with van der Waals surface area (Å²) in [6.45, 7) is 8.68. The third kappa shape index (κ3) is 4.62. The molecule has 0 radical (unpaired) electrons. The van der Waals surface area contributed by atoms with Crippen molar-refractivity contribution in [2.75, 3.05) is 12.8 Å². The second kappa shape index (κ2) is 5.54. The molecule has 0 aliphatic heterocycles. The van der Waals surface area contributed by atoms with E-state index in [9.17, 15) is 0 Å². The van der Waals surface area contributed by atoms with Crippen molar-refractivity contribution in [2.45, 2.75) is 20.3 Å². The molecular weight excluding hydrogens is 142 g/mol. The van der Waals surface area contributed by atoms with Crippen molar-refractivity contribution in [1.82, 2.24) is 0 Å². The predicted molar refractivity (Wildman–Crippen MR) is 50.9 cm³/mol. The maximum atomic E-state index is 4.34. The molecule has 0 aliphatic carbocycles. The summed E-state index contributed by atoms with van der Waals surface area (Å²) in [5.41, 5.74) is 1.12. The highest BCUT2D eigenvalue weighted by atomic mass is 32.2. The Kier molecular flexibility index (Phi) is 5.40. The molecule has 10 heavy (non-hydrogen) atoms. The fraction of sp³-hybridized carbons (Fsp3) is 0.625. The van der Waals surface area contributed by atoms with E-state index in [2.05, 4.69) is 24.8 Å². The van der Waals surface area contributed by atoms with E-state index in [0.717, 1.165) is 18.5 Å². The summed E-state index contributed by atoms with van der Waals surface area (Å²) < 4.78 is 0. The van der Waals surface area contributed by atoms with Crippen molar-refractivity contribution < 1.29 is 0 Å². The van der Waals surface area contributed by atoms with Crippen LogP contribution in [0.2, 0.25) is 0 Å². The second-order valence-electron chi connectivity index (χ2n) is 2.22. The standard InChI is InChI=1S/C8H15NS/c1-5-8(10-4)9-6-7(2)3/h2,5-6H2,1,3-4H3/b9-8-. The van der Waals surface area contributed by atoms with Gasteiger partial charge in [0.05, 0.1) is 11.6 Å². The minimum atomic E-state index is 0.782. The van der Waals surface area contributed by atoms with Crippen LogP contribution in [0.1, 0.15) is 20.3 Å². The van der Waals surface area contributed by atoms with Gasteiger partial charge in [-0.25, -0.2) is 0 Å². The molecule has 0 aromatic rings. The van der Waals surface area contributed by atoms with E-state index in [1.165, 1.54) is 5.04 Å². The fourth-order valence-electron chi connectivity index (χ4n) is 0.544. The number of aliphatic imine (C=N–C) groups is 1. The van der Waals surface area contributed by atoms with Gasteiger partial charge in [-0.3, -0.25) is 4.99 Å². The predicted octanol–water partition coefficient (Wildman–Crippen LogP) is 2.73. The maximum Gasteiger partial charge on any atom is 0.0674 e. The summed E-state index contributed by atoms with van der Waals surface area (Å²) in [5, 5.41) is 1.21. The largest absolute Gasteiger partial charge is 0.279 e. The molecule has 0 aromatic heterocycles. The first-order valence-electron chi connectivity index (χ1n) is 3.42. The first-order chi connectivity index (χ1) is 4.70. The topological polar surface area (TPSA) is 12.4 Å². The van der Waals surface area contributed by atoms with E-state index in [-0.39, 0.29) is 0 Å². The summed E-state index contributed by atoms with van der Waals surface area (Å²) >= 11 is 1.72. The molecular formula is C8H15NS. The molecule has 0 aromatic carbocycles. The molecule has 58 valence electrons. The zero-order valence-electron chi connectivity index (χ0n) is 6.98. The molecule has 0 atom stereocenters. The number of nitrogens with zero attached hydrogens (tertiary/aromatic N) is 1. The Morgan fingerprint density at radius 3 is 2.50 bits per heavy atom. The van der Waals surface area contributed by atoms with Crippen molar-refractivity contribution in [3.05, 3.63) is 12.2 Å². The molecule has 0 N–H and O–H groups in total. The molecule has 1 nitrogen and oxygen atoms in total. The Morgan fingerprint density at radius 1 is 1.60 bits per heavy atom. The van der Waals surface area contributed by atoms with Gasteiger partial charge in [0, 0.05) is 0 Å². The van der Waals surface area contributed by atoms with E-state index < -0.39 is 0 Å². The van der Waals surface area contributed by atoms with E-state index >= 15 is 0 Å². The van der Waals surface area contributed by atoms with Crippen LogP contribution in [0.4, 0.5) is 0 Å². The van der Waals surface area contributed by atoms with Crippen LogP contribution in [-0.2, 0) is 0 Å². The van der Waals surface area contributed by atoms with Crippen LogP contribution < -0.4 is 0 Å². The highest BCUT2D eigenvalue weighted by molar-refractivity contribution is 8.13. The molecule has 0 fully saturated rings. The molecule has 0 heterocycles. The lowest BCUT2D eigenvalue weighted by atomic mass is 10.4. The third-order valence-corrected chi connectivity index (χ3v) is 1.95. The number of thioether (sulfide) groups is 1. The molecule has 0 spiro atoms. The van der Waals surface area contributed by atoms with Crippen molar-refractivity contribution in [3.8, 4) is 0 Å². The van der Waals surface area contributed by atoms with Crippen LogP contribution in [0.5, 0.6) is 0 Å². The third-order valence-electron chi connectivity index (χ3n) is 1.06. The average molecular weight is 157 g/mol. The van der Waals surface area contributed by atoms with Gasteiger partial charge >= 0.3 is 0 Å². The number of hydrogen-bond acceptors (Lipinski definition) is 2. The van der Waals surface area contributed by atoms with Crippen LogP contribution in [0.15, 0.2) is 17.1 Å². The van der Waals surface area contributed by atoms with E-state index in [4.69, 9.17) is 0 Å². The first-order valence-corrected chi connectivity index (χ1v) is 4.64. The van der Waals surface area contributed by atoms with Crippen LogP contribution >= 0.6 is 11.8 Å². The Hall–Kier alpha value is -0.240. The van der Waals surface area contributed by atoms with Gasteiger partial charge in [0.1, 0.15) is 0 Å². The lowest BCUT2D eigenvalue weighted by molar-refractivity contribution is 1.13. The van der Waals surface area contributed by atoms with Crippen LogP contribution in [0.25, 0.3) is 0 Å². The fourth-order valence-corrected chi connectivity index (χ4v) is 1.03. The Bertz CT molecular complexity index is 132. The van der Waals surface area contributed by atoms with Crippen molar-refractivity contribution in [3.63, 3.8) is 0 Å². The van der Waals surface area contributed by atoms with Crippen LogP contribution in [-0.4, -0.2) is 17.8 Å². The lowest BCUT2D eigenvalue weighted by Gasteiger charge is -1.97. The number of rotatable bonds is 3. The molecule has 0 aliphatic rings. The number of hydrogen-bond donors (Lipinski definition) is 0. The molecule has 0 unspecified atom stereocenters.